The van der Waals surface area contributed by atoms with Crippen molar-refractivity contribution >= 4 is 17.7 Å². The van der Waals surface area contributed by atoms with Crippen molar-refractivity contribution in [2.75, 3.05) is 25.1 Å². The summed E-state index contributed by atoms with van der Waals surface area (Å²) < 4.78 is 5.82. The normalized spacial score (nSPS) is 18.8. The molecule has 184 valence electrons. The molecule has 3 rings (SSSR count). The average Bonchev–Trinajstić information content (AvgIpc) is 2.85. The third-order valence-electron chi connectivity index (χ3n) is 6.80. The van der Waals surface area contributed by atoms with Gasteiger partial charge in [0, 0.05) is 25.6 Å². The number of hydrogen-bond acceptors (Lipinski definition) is 5. The number of anilines is 1. The minimum Gasteiger partial charge on any atom is -0.492 e. The number of hydrogen-bond donors (Lipinski definition) is 2. The van der Waals surface area contributed by atoms with Crippen molar-refractivity contribution in [1.29, 1.82) is 0 Å². The van der Waals surface area contributed by atoms with Crippen LogP contribution < -0.4 is 15.0 Å². The van der Waals surface area contributed by atoms with Gasteiger partial charge in [-0.1, -0.05) is 32.0 Å². The van der Waals surface area contributed by atoms with Crippen LogP contribution in [0.15, 0.2) is 48.7 Å². The number of nitrogens with zero attached hydrogens (tertiary/aromatic N) is 2. The van der Waals surface area contributed by atoms with Gasteiger partial charge in [-0.15, -0.1) is 0 Å². The van der Waals surface area contributed by atoms with Gasteiger partial charge in [0.15, 0.2) is 0 Å². The molecule has 1 amide bonds. The number of amides is 1. The number of carbonyl (C=O) groups excluding carboxylic acids is 1. The Morgan fingerprint density at radius 3 is 2.41 bits per heavy atom. The van der Waals surface area contributed by atoms with Gasteiger partial charge in [-0.3, -0.25) is 4.79 Å². The summed E-state index contributed by atoms with van der Waals surface area (Å²) >= 11 is 0. The van der Waals surface area contributed by atoms with Gasteiger partial charge in [0.05, 0.1) is 6.54 Å². The lowest BCUT2D eigenvalue weighted by Gasteiger charge is -2.30. The monoisotopic (exact) mass is 467 g/mol. The molecule has 2 aromatic rings. The average molecular weight is 468 g/mol. The van der Waals surface area contributed by atoms with Crippen LogP contribution in [-0.2, 0) is 16.0 Å². The van der Waals surface area contributed by atoms with Crippen LogP contribution in [0.5, 0.6) is 5.75 Å². The number of pyridine rings is 1. The van der Waals surface area contributed by atoms with Gasteiger partial charge in [0.2, 0.25) is 5.91 Å². The van der Waals surface area contributed by atoms with Crippen LogP contribution in [0.25, 0.3) is 0 Å². The van der Waals surface area contributed by atoms with E-state index in [0.29, 0.717) is 25.0 Å². The molecule has 0 unspecified atom stereocenters. The van der Waals surface area contributed by atoms with Crippen LogP contribution in [0.1, 0.15) is 45.1 Å². The van der Waals surface area contributed by atoms with Crippen LogP contribution in [-0.4, -0.2) is 48.2 Å². The molecule has 2 N–H and O–H groups in total. The lowest BCUT2D eigenvalue weighted by atomic mass is 9.76. The second-order valence-electron chi connectivity index (χ2n) is 9.56. The Kier molecular flexibility index (Phi) is 9.31. The molecule has 0 radical (unpaired) electrons. The van der Waals surface area contributed by atoms with Crippen LogP contribution >= 0.6 is 0 Å². The lowest BCUT2D eigenvalue weighted by Crippen LogP contribution is -2.45. The number of aliphatic carboxylic acids is 1. The van der Waals surface area contributed by atoms with E-state index in [2.05, 4.69) is 24.1 Å². The Hall–Kier alpha value is -3.09. The summed E-state index contributed by atoms with van der Waals surface area (Å²) in [6.07, 6.45) is 5.74. The highest BCUT2D eigenvalue weighted by molar-refractivity contribution is 5.85. The summed E-state index contributed by atoms with van der Waals surface area (Å²) in [4.78, 5) is 30.8. The minimum absolute atomic E-state index is 0.0863. The maximum Gasteiger partial charge on any atom is 0.326 e. The zero-order valence-electron chi connectivity index (χ0n) is 20.4. The number of likely N-dealkylation sites (N-methyl/N-ethyl adjacent to an activating group) is 1. The van der Waals surface area contributed by atoms with Gasteiger partial charge in [-0.05, 0) is 67.3 Å². The molecule has 0 bridgehead atoms. The zero-order chi connectivity index (χ0) is 24.5. The Bertz CT molecular complexity index is 909. The van der Waals surface area contributed by atoms with Crippen molar-refractivity contribution in [2.45, 2.75) is 52.0 Å². The van der Waals surface area contributed by atoms with E-state index in [9.17, 15) is 14.7 Å². The van der Waals surface area contributed by atoms with Gasteiger partial charge in [-0.2, -0.15) is 0 Å². The lowest BCUT2D eigenvalue weighted by molar-refractivity contribution is -0.142. The van der Waals surface area contributed by atoms with Crippen molar-refractivity contribution in [3.8, 4) is 5.75 Å². The van der Waals surface area contributed by atoms with Gasteiger partial charge in [-0.25, -0.2) is 9.78 Å². The molecule has 7 heteroatoms. The van der Waals surface area contributed by atoms with Gasteiger partial charge in [0.25, 0.3) is 0 Å². The van der Waals surface area contributed by atoms with Gasteiger partial charge < -0.3 is 20.1 Å². The Labute approximate surface area is 202 Å². The molecule has 0 aliphatic heterocycles. The molecule has 1 aliphatic rings. The molecule has 0 saturated heterocycles. The van der Waals surface area contributed by atoms with Gasteiger partial charge >= 0.3 is 5.97 Å². The largest absolute Gasteiger partial charge is 0.492 e. The molecular formula is C27H37N3O4. The summed E-state index contributed by atoms with van der Waals surface area (Å²) in [5, 5.41) is 12.4. The molecule has 1 aromatic carbocycles. The maximum absolute atomic E-state index is 12.7. The predicted octanol–water partition coefficient (Wildman–Crippen LogP) is 4.17. The topological polar surface area (TPSA) is 91.8 Å². The first kappa shape index (κ1) is 25.5. The number of nitrogens with one attached hydrogen (secondary N) is 1. The Morgan fingerprint density at radius 1 is 1.12 bits per heavy atom. The van der Waals surface area contributed by atoms with Crippen molar-refractivity contribution in [2.24, 2.45) is 17.8 Å². The van der Waals surface area contributed by atoms with Crippen molar-refractivity contribution in [1.82, 2.24) is 10.3 Å². The molecule has 1 saturated carbocycles. The predicted molar refractivity (Wildman–Crippen MR) is 133 cm³/mol. The number of rotatable bonds is 11. The van der Waals surface area contributed by atoms with Crippen LogP contribution in [0.4, 0.5) is 5.82 Å². The van der Waals surface area contributed by atoms with Crippen LogP contribution in [0, 0.1) is 17.8 Å². The second kappa shape index (κ2) is 12.4. The van der Waals surface area contributed by atoms with E-state index in [1.54, 1.807) is 6.20 Å². The zero-order valence-corrected chi connectivity index (χ0v) is 20.4. The van der Waals surface area contributed by atoms with E-state index in [4.69, 9.17) is 4.74 Å². The second-order valence-corrected chi connectivity index (χ2v) is 9.56. The fourth-order valence-electron chi connectivity index (χ4n) is 4.49. The van der Waals surface area contributed by atoms with Gasteiger partial charge in [0.1, 0.15) is 24.2 Å². The fourth-order valence-corrected chi connectivity index (χ4v) is 4.49. The molecule has 1 heterocycles. The summed E-state index contributed by atoms with van der Waals surface area (Å²) in [7, 11) is 1.96. The van der Waals surface area contributed by atoms with Crippen LogP contribution in [0.3, 0.4) is 0 Å². The number of carboxylic acids is 1. The molecule has 1 atom stereocenters. The summed E-state index contributed by atoms with van der Waals surface area (Å²) in [6.45, 7) is 5.63. The molecular weight excluding hydrogens is 430 g/mol. The molecule has 34 heavy (non-hydrogen) atoms. The van der Waals surface area contributed by atoms with Crippen molar-refractivity contribution in [3.05, 3.63) is 54.2 Å². The summed E-state index contributed by atoms with van der Waals surface area (Å²) in [5.41, 5.74) is 0.842. The summed E-state index contributed by atoms with van der Waals surface area (Å²) in [5.74, 6) is 1.66. The van der Waals surface area contributed by atoms with E-state index in [1.807, 2.05) is 54.4 Å². The highest BCUT2D eigenvalue weighted by Crippen LogP contribution is 2.33. The van der Waals surface area contributed by atoms with E-state index in [1.165, 1.54) is 0 Å². The number of carbonyl (C=O) groups is 2. The highest BCUT2D eigenvalue weighted by Gasteiger charge is 2.30. The number of carboxylic acid groups (broad SMARTS) is 1. The van der Waals surface area contributed by atoms with Crippen molar-refractivity contribution in [3.63, 3.8) is 0 Å². The third kappa shape index (κ3) is 7.47. The standard InChI is InChI=1S/C27H37N3O4/c1-19(2)21-9-11-22(12-10-21)26(31)29-24(27(32)33)18-20-7-13-23(14-8-20)34-17-16-30(3)25-6-4-5-15-28-25/h4-8,13-15,19,21-22,24H,9-12,16-18H2,1-3H3,(H,29,31)(H,32,33)/t21-,22-,24-/m1/s1. The Morgan fingerprint density at radius 2 is 1.82 bits per heavy atom. The summed E-state index contributed by atoms with van der Waals surface area (Å²) in [6, 6.07) is 12.2. The first-order valence-electron chi connectivity index (χ1n) is 12.2. The van der Waals surface area contributed by atoms with Crippen molar-refractivity contribution < 1.29 is 19.4 Å². The highest BCUT2D eigenvalue weighted by atomic mass is 16.5. The minimum atomic E-state index is -1.01. The maximum atomic E-state index is 12.7. The molecule has 1 aliphatic carbocycles. The molecule has 1 aromatic heterocycles. The number of aromatic nitrogens is 1. The third-order valence-corrected chi connectivity index (χ3v) is 6.80. The Balaban J connectivity index is 1.46. The number of benzene rings is 1. The quantitative estimate of drug-likeness (QED) is 0.515. The van der Waals surface area contributed by atoms with E-state index in [0.717, 1.165) is 42.8 Å². The SMILES string of the molecule is CC(C)[C@H]1CC[C@H](C(=O)N[C@H](Cc2ccc(OCCN(C)c3ccccn3)cc2)C(=O)O)CC1. The first-order valence-corrected chi connectivity index (χ1v) is 12.2. The fraction of sp³-hybridized carbons (Fsp3) is 0.519. The first-order chi connectivity index (χ1) is 16.3. The molecule has 0 spiro atoms. The van der Waals surface area contributed by atoms with E-state index in [-0.39, 0.29) is 18.2 Å². The van der Waals surface area contributed by atoms with Crippen LogP contribution in [0.2, 0.25) is 0 Å². The molecule has 1 fully saturated rings. The van der Waals surface area contributed by atoms with E-state index < -0.39 is 12.0 Å². The van der Waals surface area contributed by atoms with E-state index >= 15 is 0 Å². The number of ether oxygens (including phenoxy) is 1. The molecule has 7 nitrogen and oxygen atoms in total. The smallest absolute Gasteiger partial charge is 0.326 e.